The van der Waals surface area contributed by atoms with Crippen molar-refractivity contribution in [3.63, 3.8) is 0 Å². The third kappa shape index (κ3) is 6.45. The van der Waals surface area contributed by atoms with E-state index in [2.05, 4.69) is 23.6 Å². The first-order valence-electron chi connectivity index (χ1n) is 11.1. The van der Waals surface area contributed by atoms with Gasteiger partial charge >= 0.3 is 0 Å². The molecule has 1 atom stereocenters. The van der Waals surface area contributed by atoms with Crippen molar-refractivity contribution in [2.45, 2.75) is 32.5 Å². The zero-order chi connectivity index (χ0) is 23.1. The fourth-order valence-electron chi connectivity index (χ4n) is 3.71. The second-order valence-electron chi connectivity index (χ2n) is 8.57. The quantitative estimate of drug-likeness (QED) is 0.612. The van der Waals surface area contributed by atoms with E-state index in [1.165, 1.54) is 0 Å². The van der Waals surface area contributed by atoms with Crippen LogP contribution in [0, 0.1) is 0 Å². The van der Waals surface area contributed by atoms with Crippen LogP contribution in [0.25, 0.3) is 0 Å². The standard InChI is InChI=1S/C25H35N3O4/c1-19(2)26(3)16-22(29)18-32-24-14-20(10-11-23(24)31-4)15-27-12-13-28(25(30)17-27)21-8-6-5-7-9-21/h5-11,14,19,22,29H,12-13,15-18H2,1-4H3/t22-/m1/s1. The maximum Gasteiger partial charge on any atom is 0.241 e. The Morgan fingerprint density at radius 3 is 2.50 bits per heavy atom. The van der Waals surface area contributed by atoms with Crippen LogP contribution in [0.1, 0.15) is 19.4 Å². The summed E-state index contributed by atoms with van der Waals surface area (Å²) in [4.78, 5) is 18.7. The normalized spacial score (nSPS) is 16.0. The highest BCUT2D eigenvalue weighted by atomic mass is 16.5. The Labute approximate surface area is 191 Å². The Balaban J connectivity index is 1.59. The van der Waals surface area contributed by atoms with E-state index in [0.717, 1.165) is 17.8 Å². The molecule has 1 amide bonds. The molecule has 0 spiro atoms. The molecule has 1 saturated heterocycles. The van der Waals surface area contributed by atoms with Crippen molar-refractivity contribution in [2.75, 3.05) is 51.8 Å². The van der Waals surface area contributed by atoms with Gasteiger partial charge in [0.2, 0.25) is 5.91 Å². The van der Waals surface area contributed by atoms with Crippen LogP contribution in [0.5, 0.6) is 11.5 Å². The lowest BCUT2D eigenvalue weighted by Crippen LogP contribution is -2.50. The maximum absolute atomic E-state index is 12.7. The van der Waals surface area contributed by atoms with Gasteiger partial charge in [-0.25, -0.2) is 0 Å². The molecule has 0 radical (unpaired) electrons. The Morgan fingerprint density at radius 1 is 1.09 bits per heavy atom. The second-order valence-corrected chi connectivity index (χ2v) is 8.57. The molecule has 0 saturated carbocycles. The van der Waals surface area contributed by atoms with E-state index in [9.17, 15) is 9.90 Å². The lowest BCUT2D eigenvalue weighted by atomic mass is 10.1. The first-order valence-corrected chi connectivity index (χ1v) is 11.1. The number of hydrogen-bond acceptors (Lipinski definition) is 6. The summed E-state index contributed by atoms with van der Waals surface area (Å²) in [5, 5.41) is 10.3. The van der Waals surface area contributed by atoms with Gasteiger partial charge < -0.3 is 24.4 Å². The zero-order valence-corrected chi connectivity index (χ0v) is 19.5. The molecule has 1 fully saturated rings. The smallest absolute Gasteiger partial charge is 0.241 e. The number of carbonyl (C=O) groups is 1. The van der Waals surface area contributed by atoms with Gasteiger partial charge in [0.05, 0.1) is 13.7 Å². The first-order chi connectivity index (χ1) is 15.4. The summed E-state index contributed by atoms with van der Waals surface area (Å²) in [6.07, 6.45) is -0.598. The van der Waals surface area contributed by atoms with Gasteiger partial charge in [-0.1, -0.05) is 24.3 Å². The number of hydrogen-bond donors (Lipinski definition) is 1. The number of carbonyl (C=O) groups excluding carboxylic acids is 1. The van der Waals surface area contributed by atoms with E-state index in [0.29, 0.717) is 43.7 Å². The van der Waals surface area contributed by atoms with Crippen molar-refractivity contribution in [3.05, 3.63) is 54.1 Å². The van der Waals surface area contributed by atoms with E-state index in [4.69, 9.17) is 9.47 Å². The summed E-state index contributed by atoms with van der Waals surface area (Å²) in [5.74, 6) is 1.33. The average Bonchev–Trinajstić information content (AvgIpc) is 2.78. The molecule has 7 heteroatoms. The summed E-state index contributed by atoms with van der Waals surface area (Å²) in [6, 6.07) is 15.9. The summed E-state index contributed by atoms with van der Waals surface area (Å²) in [6.45, 7) is 7.37. The molecule has 1 heterocycles. The molecule has 1 aliphatic heterocycles. The molecule has 0 aliphatic carbocycles. The Kier molecular flexibility index (Phi) is 8.50. The molecule has 1 N–H and O–H groups in total. The lowest BCUT2D eigenvalue weighted by molar-refractivity contribution is -0.121. The van der Waals surface area contributed by atoms with Crippen molar-refractivity contribution in [1.29, 1.82) is 0 Å². The van der Waals surface area contributed by atoms with Crippen molar-refractivity contribution >= 4 is 11.6 Å². The molecule has 7 nitrogen and oxygen atoms in total. The molecular weight excluding hydrogens is 406 g/mol. The van der Waals surface area contributed by atoms with Crippen LogP contribution in [0.15, 0.2) is 48.5 Å². The largest absolute Gasteiger partial charge is 0.493 e. The lowest BCUT2D eigenvalue weighted by Gasteiger charge is -2.34. The number of methoxy groups -OCH3 is 1. The predicted octanol–water partition coefficient (Wildman–Crippen LogP) is 2.62. The van der Waals surface area contributed by atoms with Crippen molar-refractivity contribution in [1.82, 2.24) is 9.80 Å². The molecule has 0 bridgehead atoms. The molecule has 0 aromatic heterocycles. The van der Waals surface area contributed by atoms with Crippen LogP contribution in [0.4, 0.5) is 5.69 Å². The van der Waals surface area contributed by atoms with Crippen molar-refractivity contribution in [3.8, 4) is 11.5 Å². The van der Waals surface area contributed by atoms with Crippen LogP contribution in [-0.4, -0.2) is 79.9 Å². The monoisotopic (exact) mass is 441 g/mol. The molecule has 174 valence electrons. The van der Waals surface area contributed by atoms with Crippen LogP contribution in [-0.2, 0) is 11.3 Å². The number of amides is 1. The average molecular weight is 442 g/mol. The van der Waals surface area contributed by atoms with E-state index in [1.54, 1.807) is 7.11 Å². The number of rotatable bonds is 10. The third-order valence-corrected chi connectivity index (χ3v) is 5.81. The van der Waals surface area contributed by atoms with E-state index in [1.807, 2.05) is 60.5 Å². The number of ether oxygens (including phenoxy) is 2. The van der Waals surface area contributed by atoms with Gasteiger partial charge in [-0.2, -0.15) is 0 Å². The van der Waals surface area contributed by atoms with E-state index < -0.39 is 6.10 Å². The van der Waals surface area contributed by atoms with Crippen molar-refractivity contribution in [2.24, 2.45) is 0 Å². The SMILES string of the molecule is COc1ccc(CN2CCN(c3ccccc3)C(=O)C2)cc1OC[C@H](O)CN(C)C(C)C. The minimum Gasteiger partial charge on any atom is -0.493 e. The van der Waals surface area contributed by atoms with E-state index in [-0.39, 0.29) is 12.5 Å². The summed E-state index contributed by atoms with van der Waals surface area (Å²) >= 11 is 0. The summed E-state index contributed by atoms with van der Waals surface area (Å²) in [5.41, 5.74) is 1.98. The Morgan fingerprint density at radius 2 is 1.84 bits per heavy atom. The Hall–Kier alpha value is -2.61. The van der Waals surface area contributed by atoms with Crippen molar-refractivity contribution < 1.29 is 19.4 Å². The molecular formula is C25H35N3O4. The zero-order valence-electron chi connectivity index (χ0n) is 19.5. The van der Waals surface area contributed by atoms with Crippen LogP contribution in [0.3, 0.4) is 0 Å². The van der Waals surface area contributed by atoms with Crippen LogP contribution < -0.4 is 14.4 Å². The highest BCUT2D eigenvalue weighted by molar-refractivity contribution is 5.95. The van der Waals surface area contributed by atoms with Gasteiger partial charge in [0.25, 0.3) is 0 Å². The minimum atomic E-state index is -0.598. The summed E-state index contributed by atoms with van der Waals surface area (Å²) in [7, 11) is 3.58. The van der Waals surface area contributed by atoms with Gasteiger partial charge in [0, 0.05) is 37.9 Å². The maximum atomic E-state index is 12.7. The highest BCUT2D eigenvalue weighted by Crippen LogP contribution is 2.29. The molecule has 0 unspecified atom stereocenters. The van der Waals surface area contributed by atoms with Gasteiger partial charge in [0.15, 0.2) is 11.5 Å². The van der Waals surface area contributed by atoms with Gasteiger partial charge in [-0.15, -0.1) is 0 Å². The number of para-hydroxylation sites is 1. The first kappa shape index (κ1) is 24.0. The van der Waals surface area contributed by atoms with E-state index >= 15 is 0 Å². The minimum absolute atomic E-state index is 0.102. The molecule has 1 aliphatic rings. The van der Waals surface area contributed by atoms with Crippen LogP contribution in [0.2, 0.25) is 0 Å². The van der Waals surface area contributed by atoms with Gasteiger partial charge in [-0.05, 0) is 50.7 Å². The topological polar surface area (TPSA) is 65.5 Å². The number of anilines is 1. The van der Waals surface area contributed by atoms with Gasteiger partial charge in [0.1, 0.15) is 12.7 Å². The highest BCUT2D eigenvalue weighted by Gasteiger charge is 2.25. The van der Waals surface area contributed by atoms with Gasteiger partial charge in [-0.3, -0.25) is 9.69 Å². The number of benzene rings is 2. The fourth-order valence-corrected chi connectivity index (χ4v) is 3.71. The third-order valence-electron chi connectivity index (χ3n) is 5.81. The summed E-state index contributed by atoms with van der Waals surface area (Å²) < 4.78 is 11.3. The number of likely N-dealkylation sites (N-methyl/N-ethyl adjacent to an activating group) is 1. The second kappa shape index (κ2) is 11.3. The number of piperazine rings is 1. The Bertz CT molecular complexity index is 875. The predicted molar refractivity (Wildman–Crippen MR) is 126 cm³/mol. The van der Waals surface area contributed by atoms with Crippen LogP contribution >= 0.6 is 0 Å². The fraction of sp³-hybridized carbons (Fsp3) is 0.480. The molecule has 2 aromatic carbocycles. The molecule has 3 rings (SSSR count). The molecule has 32 heavy (non-hydrogen) atoms. The number of aliphatic hydroxyl groups is 1. The molecule has 2 aromatic rings. The number of aliphatic hydroxyl groups excluding tert-OH is 1. The number of nitrogens with zero attached hydrogens (tertiary/aromatic N) is 3.